The lowest BCUT2D eigenvalue weighted by Crippen LogP contribution is -2.44. The Morgan fingerprint density at radius 2 is 1.94 bits per heavy atom. The van der Waals surface area contributed by atoms with Crippen LogP contribution in [0.5, 0.6) is 0 Å². The number of carbonyl (C=O) groups excluding carboxylic acids is 2. The molecule has 0 radical (unpaired) electrons. The van der Waals surface area contributed by atoms with E-state index in [-0.39, 0.29) is 31.2 Å². The highest BCUT2D eigenvalue weighted by atomic mass is 16.5. The van der Waals surface area contributed by atoms with Crippen LogP contribution in [-0.4, -0.2) is 48.3 Å². The number of carbonyl (C=O) groups is 2. The second-order valence-electron chi connectivity index (χ2n) is 7.08. The Labute approximate surface area is 179 Å². The predicted molar refractivity (Wildman–Crippen MR) is 116 cm³/mol. The van der Waals surface area contributed by atoms with Crippen molar-refractivity contribution < 1.29 is 19.1 Å². The summed E-state index contributed by atoms with van der Waals surface area (Å²) in [7, 11) is 1.44. The van der Waals surface area contributed by atoms with Crippen molar-refractivity contribution in [2.45, 2.75) is 33.7 Å². The Bertz CT molecular complexity index is 1070. The van der Waals surface area contributed by atoms with Gasteiger partial charge in [-0.3, -0.25) is 24.0 Å². The number of anilines is 2. The molecule has 0 unspecified atom stereocenters. The normalized spacial score (nSPS) is 10.7. The van der Waals surface area contributed by atoms with Crippen LogP contribution in [0.2, 0.25) is 0 Å². The van der Waals surface area contributed by atoms with Crippen LogP contribution in [0.25, 0.3) is 0 Å². The second-order valence-corrected chi connectivity index (χ2v) is 7.08. The van der Waals surface area contributed by atoms with Gasteiger partial charge in [0.05, 0.1) is 12.2 Å². The first-order valence-corrected chi connectivity index (χ1v) is 9.87. The summed E-state index contributed by atoms with van der Waals surface area (Å²) in [6.45, 7) is 5.25. The summed E-state index contributed by atoms with van der Waals surface area (Å²) in [5.41, 5.74) is 6.48. The van der Waals surface area contributed by atoms with Crippen LogP contribution in [0.15, 0.2) is 27.8 Å². The molecule has 1 aromatic heterocycles. The zero-order chi connectivity index (χ0) is 23.1. The maximum atomic E-state index is 12.9. The van der Waals surface area contributed by atoms with E-state index in [1.807, 2.05) is 19.9 Å². The van der Waals surface area contributed by atoms with Gasteiger partial charge >= 0.3 is 11.7 Å². The lowest BCUT2D eigenvalue weighted by Gasteiger charge is -2.24. The molecule has 10 heteroatoms. The zero-order valence-corrected chi connectivity index (χ0v) is 18.2. The lowest BCUT2D eigenvalue weighted by atomic mass is 10.1. The monoisotopic (exact) mass is 432 g/mol. The third-order valence-electron chi connectivity index (χ3n) is 4.68. The van der Waals surface area contributed by atoms with Crippen molar-refractivity contribution in [3.63, 3.8) is 0 Å². The quantitative estimate of drug-likeness (QED) is 0.564. The first kappa shape index (κ1) is 23.9. The molecule has 0 bridgehead atoms. The Hall–Kier alpha value is -3.40. The minimum Gasteiger partial charge on any atom is -0.452 e. The van der Waals surface area contributed by atoms with Crippen LogP contribution >= 0.6 is 0 Å². The number of nitrogens with zero attached hydrogens (tertiary/aromatic N) is 2. The Balaban J connectivity index is 2.31. The highest BCUT2D eigenvalue weighted by Gasteiger charge is 2.25. The van der Waals surface area contributed by atoms with E-state index in [4.69, 9.17) is 15.2 Å². The number of hydrogen-bond acceptors (Lipinski definition) is 7. The number of nitrogens with two attached hydrogens (primary N) is 1. The number of amides is 1. The van der Waals surface area contributed by atoms with E-state index in [0.717, 1.165) is 16.0 Å². The van der Waals surface area contributed by atoms with Crippen molar-refractivity contribution in [2.75, 3.05) is 37.5 Å². The smallest absolute Gasteiger partial charge is 0.338 e. The van der Waals surface area contributed by atoms with Gasteiger partial charge in [0.15, 0.2) is 12.3 Å². The van der Waals surface area contributed by atoms with Crippen molar-refractivity contribution in [2.24, 2.45) is 0 Å². The van der Waals surface area contributed by atoms with E-state index >= 15 is 0 Å². The molecule has 10 nitrogen and oxygen atoms in total. The molecule has 0 saturated heterocycles. The maximum Gasteiger partial charge on any atom is 0.338 e. The number of benzene rings is 1. The molecule has 1 aromatic carbocycles. The van der Waals surface area contributed by atoms with Gasteiger partial charge in [-0.15, -0.1) is 0 Å². The van der Waals surface area contributed by atoms with Crippen LogP contribution in [-0.2, 0) is 20.8 Å². The molecule has 0 aliphatic heterocycles. The number of rotatable bonds is 9. The molecule has 0 spiro atoms. The third-order valence-corrected chi connectivity index (χ3v) is 4.68. The Morgan fingerprint density at radius 3 is 2.55 bits per heavy atom. The van der Waals surface area contributed by atoms with Gasteiger partial charge < -0.3 is 15.2 Å². The van der Waals surface area contributed by atoms with Gasteiger partial charge in [0, 0.05) is 20.2 Å². The maximum absolute atomic E-state index is 12.9. The van der Waals surface area contributed by atoms with Gasteiger partial charge in [-0.1, -0.05) is 24.6 Å². The summed E-state index contributed by atoms with van der Waals surface area (Å²) in [5.74, 6) is -1.47. The van der Waals surface area contributed by atoms with Crippen molar-refractivity contribution >= 4 is 23.4 Å². The van der Waals surface area contributed by atoms with Gasteiger partial charge in [0.25, 0.3) is 11.5 Å². The van der Waals surface area contributed by atoms with Crippen LogP contribution in [0.1, 0.15) is 34.8 Å². The van der Waals surface area contributed by atoms with Crippen molar-refractivity contribution in [3.05, 3.63) is 55.7 Å². The van der Waals surface area contributed by atoms with Gasteiger partial charge in [-0.25, -0.2) is 9.59 Å². The van der Waals surface area contributed by atoms with Crippen LogP contribution in [0, 0.1) is 13.8 Å². The number of aryl methyl sites for hydroxylation is 2. The zero-order valence-electron chi connectivity index (χ0n) is 18.2. The number of esters is 1. The molecule has 168 valence electrons. The van der Waals surface area contributed by atoms with Crippen molar-refractivity contribution in [3.8, 4) is 0 Å². The van der Waals surface area contributed by atoms with E-state index in [2.05, 4.69) is 4.98 Å². The summed E-state index contributed by atoms with van der Waals surface area (Å²) in [4.78, 5) is 53.1. The standard InChI is InChI=1S/C21H28N4O6/c1-5-8-25-18(22)17(19(27)23-21(25)29)24(9-10-30-4)16(26)12-31-20(28)15-7-6-13(2)11-14(15)3/h6-7,11H,5,8-10,12,22H2,1-4H3,(H,23,27,29). The summed E-state index contributed by atoms with van der Waals surface area (Å²) in [5, 5.41) is 0. The van der Waals surface area contributed by atoms with Crippen LogP contribution < -0.4 is 21.9 Å². The first-order chi connectivity index (χ1) is 14.7. The van der Waals surface area contributed by atoms with Gasteiger partial charge in [-0.05, 0) is 31.9 Å². The summed E-state index contributed by atoms with van der Waals surface area (Å²) < 4.78 is 11.4. The number of hydrogen-bond donors (Lipinski definition) is 2. The van der Waals surface area contributed by atoms with Gasteiger partial charge in [0.2, 0.25) is 0 Å². The fourth-order valence-electron chi connectivity index (χ4n) is 3.15. The number of nitrogens with one attached hydrogen (secondary N) is 1. The number of aromatic nitrogens is 2. The van der Waals surface area contributed by atoms with Crippen LogP contribution in [0.3, 0.4) is 0 Å². The van der Waals surface area contributed by atoms with Crippen molar-refractivity contribution in [1.29, 1.82) is 0 Å². The highest BCUT2D eigenvalue weighted by molar-refractivity contribution is 5.99. The number of H-pyrrole nitrogens is 1. The fourth-order valence-corrected chi connectivity index (χ4v) is 3.15. The minimum absolute atomic E-state index is 0.0198. The molecule has 2 aromatic rings. The average molecular weight is 432 g/mol. The third kappa shape index (κ3) is 5.60. The van der Waals surface area contributed by atoms with E-state index < -0.39 is 29.7 Å². The first-order valence-electron chi connectivity index (χ1n) is 9.87. The molecule has 0 atom stereocenters. The highest BCUT2D eigenvalue weighted by Crippen LogP contribution is 2.18. The molecule has 31 heavy (non-hydrogen) atoms. The SMILES string of the molecule is CCCn1c(N)c(N(CCOC)C(=O)COC(=O)c2ccc(C)cc2C)c(=O)[nH]c1=O. The van der Waals surface area contributed by atoms with E-state index in [0.29, 0.717) is 12.0 Å². The van der Waals surface area contributed by atoms with Gasteiger partial charge in [-0.2, -0.15) is 0 Å². The summed E-state index contributed by atoms with van der Waals surface area (Å²) in [6.07, 6.45) is 0.592. The fraction of sp³-hybridized carbons (Fsp3) is 0.429. The van der Waals surface area contributed by atoms with Gasteiger partial charge in [0.1, 0.15) is 5.82 Å². The lowest BCUT2D eigenvalue weighted by molar-refractivity contribution is -0.121. The average Bonchev–Trinajstić information content (AvgIpc) is 2.71. The number of nitrogen functional groups attached to an aromatic ring is 1. The molecule has 3 N–H and O–H groups in total. The number of methoxy groups -OCH3 is 1. The molecular weight excluding hydrogens is 404 g/mol. The topological polar surface area (TPSA) is 137 Å². The molecule has 0 aliphatic carbocycles. The van der Waals surface area contributed by atoms with Crippen LogP contribution in [0.4, 0.5) is 11.5 Å². The summed E-state index contributed by atoms with van der Waals surface area (Å²) >= 11 is 0. The number of ether oxygens (including phenoxy) is 2. The largest absolute Gasteiger partial charge is 0.452 e. The Kier molecular flexibility index (Phi) is 8.14. The molecule has 1 heterocycles. The summed E-state index contributed by atoms with van der Waals surface area (Å²) in [6, 6.07) is 5.23. The molecular formula is C21H28N4O6. The van der Waals surface area contributed by atoms with E-state index in [1.165, 1.54) is 11.7 Å². The Morgan fingerprint density at radius 1 is 1.23 bits per heavy atom. The molecule has 0 aliphatic rings. The molecule has 0 saturated carbocycles. The molecule has 0 fully saturated rings. The predicted octanol–water partition coefficient (Wildman–Crippen LogP) is 0.982. The van der Waals surface area contributed by atoms with E-state index in [1.54, 1.807) is 19.1 Å². The minimum atomic E-state index is -0.806. The van der Waals surface area contributed by atoms with Crippen molar-refractivity contribution in [1.82, 2.24) is 9.55 Å². The second kappa shape index (κ2) is 10.6. The molecule has 1 amide bonds. The van der Waals surface area contributed by atoms with E-state index in [9.17, 15) is 19.2 Å². The molecule has 2 rings (SSSR count). The number of aromatic amines is 1.